The second kappa shape index (κ2) is 40.7. The van der Waals surface area contributed by atoms with Crippen molar-refractivity contribution in [3.05, 3.63) is 17.2 Å². The van der Waals surface area contributed by atoms with Crippen molar-refractivity contribution in [2.75, 3.05) is 37.0 Å². The van der Waals surface area contributed by atoms with Crippen LogP contribution < -0.4 is 13.6 Å². The Balaban J connectivity index is 4.19. The van der Waals surface area contributed by atoms with E-state index in [1.807, 2.05) is 0 Å². The number of carboxylic acids is 2. The van der Waals surface area contributed by atoms with Gasteiger partial charge in [-0.2, -0.15) is 0 Å². The molecular weight excluding hydrogens is 926 g/mol. The summed E-state index contributed by atoms with van der Waals surface area (Å²) in [6.07, 6.45) is 35.9. The maximum Gasteiger partial charge on any atom is 0.340 e. The van der Waals surface area contributed by atoms with Gasteiger partial charge >= 0.3 is 11.9 Å². The standard InChI is InChI=1S/C56H105O10P3/c1-7-13-19-25-31-37-43-67(61,44-38-32-26-20-14-8-2)64-51-49-50(55(57)58)52(56(59)60)54(66-69(63,47-41-35-29-23-17-11-5)48-42-36-30-24-18-12-6)53(51)65-68(62,45-39-33-27-21-15-9-3)46-40-34-28-22-16-10-4/h49H,7-48H2,1-6H3,(H,57,58)(H,59,60). The number of carboxylic acid groups (broad SMARTS) is 2. The minimum absolute atomic E-state index is 0.182. The Kier molecular flexibility index (Phi) is 38.5. The Labute approximate surface area is 423 Å². The van der Waals surface area contributed by atoms with E-state index in [-0.39, 0.29) is 48.5 Å². The molecule has 404 valence electrons. The summed E-state index contributed by atoms with van der Waals surface area (Å²) in [5.41, 5.74) is -1.33. The lowest BCUT2D eigenvalue weighted by molar-refractivity contribution is 0.0649. The number of unbranched alkanes of at least 4 members (excludes halogenated alkanes) is 30. The molecule has 69 heavy (non-hydrogen) atoms. The van der Waals surface area contributed by atoms with E-state index in [9.17, 15) is 19.8 Å². The fourth-order valence-corrected chi connectivity index (χ4v) is 16.1. The number of rotatable bonds is 50. The number of benzene rings is 1. The van der Waals surface area contributed by atoms with Gasteiger partial charge in [0.2, 0.25) is 27.9 Å². The quantitative estimate of drug-likeness (QED) is 0.0476. The Morgan fingerprint density at radius 1 is 0.348 bits per heavy atom. The van der Waals surface area contributed by atoms with Gasteiger partial charge in [-0.1, -0.05) is 234 Å². The van der Waals surface area contributed by atoms with Gasteiger partial charge in [0.15, 0.2) is 11.5 Å². The highest BCUT2D eigenvalue weighted by Gasteiger charge is 2.39. The van der Waals surface area contributed by atoms with Crippen LogP contribution in [0, 0.1) is 0 Å². The molecule has 0 unspecified atom stereocenters. The lowest BCUT2D eigenvalue weighted by Crippen LogP contribution is -2.15. The van der Waals surface area contributed by atoms with Crippen LogP contribution in [0.25, 0.3) is 0 Å². The average Bonchev–Trinajstić information content (AvgIpc) is 3.31. The summed E-state index contributed by atoms with van der Waals surface area (Å²) in [7, 11) is -10.9. The largest absolute Gasteiger partial charge is 0.478 e. The summed E-state index contributed by atoms with van der Waals surface area (Å²) in [4.78, 5) is 26.7. The molecule has 0 aliphatic rings. The monoisotopic (exact) mass is 1030 g/mol. The van der Waals surface area contributed by atoms with E-state index in [2.05, 4.69) is 41.5 Å². The van der Waals surface area contributed by atoms with Crippen molar-refractivity contribution >= 4 is 34.0 Å². The second-order valence-electron chi connectivity index (χ2n) is 20.2. The minimum Gasteiger partial charge on any atom is -0.478 e. The first-order valence-electron chi connectivity index (χ1n) is 28.8. The van der Waals surface area contributed by atoms with Crippen LogP contribution in [0.2, 0.25) is 0 Å². The highest BCUT2D eigenvalue weighted by Crippen LogP contribution is 2.62. The highest BCUT2D eigenvalue weighted by molar-refractivity contribution is 7.60. The van der Waals surface area contributed by atoms with Gasteiger partial charge in [0.1, 0.15) is 5.56 Å². The molecule has 1 aromatic carbocycles. The lowest BCUT2D eigenvalue weighted by Gasteiger charge is -2.29. The molecule has 2 N–H and O–H groups in total. The molecule has 0 aliphatic heterocycles. The van der Waals surface area contributed by atoms with Crippen molar-refractivity contribution in [2.45, 2.75) is 273 Å². The van der Waals surface area contributed by atoms with Gasteiger partial charge in [0, 0.05) is 43.0 Å². The van der Waals surface area contributed by atoms with E-state index in [1.54, 1.807) is 0 Å². The molecular formula is C56H105O10P3. The fourth-order valence-electron chi connectivity index (χ4n) is 9.16. The predicted molar refractivity (Wildman–Crippen MR) is 295 cm³/mol. The summed E-state index contributed by atoms with van der Waals surface area (Å²) < 4.78 is 66.6. The van der Waals surface area contributed by atoms with Crippen molar-refractivity contribution in [3.63, 3.8) is 0 Å². The molecule has 0 fully saturated rings. The van der Waals surface area contributed by atoms with Crippen molar-refractivity contribution in [1.29, 1.82) is 0 Å². The second-order valence-corrected chi connectivity index (χ2v) is 28.3. The molecule has 1 aromatic rings. The van der Waals surface area contributed by atoms with Crippen molar-refractivity contribution in [1.82, 2.24) is 0 Å². The van der Waals surface area contributed by atoms with Crippen LogP contribution in [-0.4, -0.2) is 59.1 Å². The van der Waals surface area contributed by atoms with Gasteiger partial charge in [-0.3, -0.25) is 13.7 Å². The van der Waals surface area contributed by atoms with E-state index < -0.39 is 50.9 Å². The zero-order valence-electron chi connectivity index (χ0n) is 45.3. The van der Waals surface area contributed by atoms with Crippen molar-refractivity contribution in [2.24, 2.45) is 0 Å². The summed E-state index contributed by atoms with van der Waals surface area (Å²) >= 11 is 0. The Morgan fingerprint density at radius 2 is 0.580 bits per heavy atom. The SMILES string of the molecule is CCCCCCCCP(=O)(CCCCCCCC)Oc1cc(C(=O)O)c(C(=O)O)c(OP(=O)(CCCCCCCC)CCCCCCCC)c1OP(=O)(CCCCCCCC)CCCCCCCC. The van der Waals surface area contributed by atoms with E-state index in [0.29, 0.717) is 38.5 Å². The van der Waals surface area contributed by atoms with Crippen LogP contribution >= 0.6 is 22.1 Å². The van der Waals surface area contributed by atoms with Crippen molar-refractivity contribution in [3.8, 4) is 17.2 Å². The smallest absolute Gasteiger partial charge is 0.340 e. The summed E-state index contributed by atoms with van der Waals surface area (Å²) in [6, 6.07) is 1.11. The van der Waals surface area contributed by atoms with Crippen LogP contribution in [0.3, 0.4) is 0 Å². The third-order valence-corrected chi connectivity index (χ3v) is 21.1. The maximum absolute atomic E-state index is 15.5. The molecule has 0 amide bonds. The third-order valence-electron chi connectivity index (χ3n) is 13.5. The van der Waals surface area contributed by atoms with E-state index in [4.69, 9.17) is 13.6 Å². The molecule has 13 heteroatoms. The number of hydrogen-bond acceptors (Lipinski definition) is 8. The van der Waals surface area contributed by atoms with Crippen LogP contribution in [0.15, 0.2) is 6.07 Å². The topological polar surface area (TPSA) is 154 Å². The average molecular weight is 1030 g/mol. The lowest BCUT2D eigenvalue weighted by atomic mass is 10.1. The third kappa shape index (κ3) is 30.1. The van der Waals surface area contributed by atoms with E-state index >= 15 is 13.7 Å². The molecule has 0 bridgehead atoms. The Bertz CT molecular complexity index is 1570. The Hall–Kier alpha value is -1.75. The van der Waals surface area contributed by atoms with Gasteiger partial charge in [-0.25, -0.2) is 9.59 Å². The first-order chi connectivity index (χ1) is 33.3. The predicted octanol–water partition coefficient (Wildman–Crippen LogP) is 20.2. The molecule has 0 aliphatic carbocycles. The highest BCUT2D eigenvalue weighted by atomic mass is 31.2. The zero-order chi connectivity index (χ0) is 51.1. The van der Waals surface area contributed by atoms with Crippen LogP contribution in [0.4, 0.5) is 0 Å². The van der Waals surface area contributed by atoms with Gasteiger partial charge in [-0.05, 0) is 38.5 Å². The molecule has 0 atom stereocenters. The van der Waals surface area contributed by atoms with E-state index in [0.717, 1.165) is 199 Å². The van der Waals surface area contributed by atoms with Gasteiger partial charge in [-0.15, -0.1) is 0 Å². The van der Waals surface area contributed by atoms with E-state index in [1.165, 1.54) is 0 Å². The van der Waals surface area contributed by atoms with Gasteiger partial charge < -0.3 is 23.8 Å². The van der Waals surface area contributed by atoms with Crippen LogP contribution in [0.5, 0.6) is 17.2 Å². The first kappa shape index (κ1) is 65.3. The van der Waals surface area contributed by atoms with Crippen molar-refractivity contribution < 1.29 is 47.1 Å². The van der Waals surface area contributed by atoms with Crippen LogP contribution in [-0.2, 0) is 13.7 Å². The summed E-state index contributed by atoms with van der Waals surface area (Å²) in [5, 5.41) is 21.7. The molecule has 0 heterocycles. The number of aromatic carboxylic acids is 2. The minimum atomic E-state index is -3.72. The number of hydrogen-bond donors (Lipinski definition) is 2. The molecule has 10 nitrogen and oxygen atoms in total. The zero-order valence-corrected chi connectivity index (χ0v) is 48.0. The molecule has 0 spiro atoms. The fraction of sp³-hybridized carbons (Fsp3) is 0.857. The first-order valence-corrected chi connectivity index (χ1v) is 34.8. The normalized spacial score (nSPS) is 12.1. The van der Waals surface area contributed by atoms with Crippen LogP contribution in [0.1, 0.15) is 293 Å². The molecule has 0 saturated carbocycles. The van der Waals surface area contributed by atoms with Gasteiger partial charge in [0.05, 0.1) is 5.56 Å². The Morgan fingerprint density at radius 3 is 0.826 bits per heavy atom. The molecule has 0 radical (unpaired) electrons. The van der Waals surface area contributed by atoms with Gasteiger partial charge in [0.25, 0.3) is 0 Å². The maximum atomic E-state index is 15.5. The summed E-state index contributed by atoms with van der Waals surface area (Å²) in [5.74, 6) is -4.18. The molecule has 0 saturated heterocycles. The molecule has 0 aromatic heterocycles. The molecule has 1 rings (SSSR count). The number of carbonyl (C=O) groups is 2. The summed E-state index contributed by atoms with van der Waals surface area (Å²) in [6.45, 7) is 13.0.